The van der Waals surface area contributed by atoms with Crippen LogP contribution >= 0.6 is 0 Å². The standard InChI is InChI=1S/C19H18N2O3/c1-10-8-9-11(2)16-15(10)12(3)17(24-16)19(23)21-14-7-5-4-6-13(14)18(20)22/h4-9H,1-3H3,(H2,20,22)(H,21,23). The van der Waals surface area contributed by atoms with Gasteiger partial charge in [-0.3, -0.25) is 9.59 Å². The predicted octanol–water partition coefficient (Wildman–Crippen LogP) is 3.71. The molecule has 0 unspecified atom stereocenters. The molecule has 0 aliphatic rings. The van der Waals surface area contributed by atoms with Crippen LogP contribution in [0.1, 0.15) is 37.6 Å². The van der Waals surface area contributed by atoms with Crippen molar-refractivity contribution in [3.05, 3.63) is 64.4 Å². The number of fused-ring (bicyclic) bond motifs is 1. The molecule has 0 aliphatic carbocycles. The summed E-state index contributed by atoms with van der Waals surface area (Å²) in [6, 6.07) is 10.6. The highest BCUT2D eigenvalue weighted by molar-refractivity contribution is 6.10. The predicted molar refractivity (Wildman–Crippen MR) is 93.3 cm³/mol. The summed E-state index contributed by atoms with van der Waals surface area (Å²) in [7, 11) is 0. The van der Waals surface area contributed by atoms with Crippen molar-refractivity contribution in [1.29, 1.82) is 0 Å². The van der Waals surface area contributed by atoms with Crippen LogP contribution in [0.5, 0.6) is 0 Å². The van der Waals surface area contributed by atoms with Gasteiger partial charge in [-0.15, -0.1) is 0 Å². The van der Waals surface area contributed by atoms with E-state index in [1.807, 2.05) is 32.9 Å². The van der Waals surface area contributed by atoms with Crippen molar-refractivity contribution in [3.63, 3.8) is 0 Å². The van der Waals surface area contributed by atoms with E-state index >= 15 is 0 Å². The molecular weight excluding hydrogens is 304 g/mol. The first-order valence-corrected chi connectivity index (χ1v) is 7.59. The highest BCUT2D eigenvalue weighted by Crippen LogP contribution is 2.31. The molecule has 0 saturated heterocycles. The van der Waals surface area contributed by atoms with Crippen molar-refractivity contribution in [2.75, 3.05) is 5.32 Å². The quantitative estimate of drug-likeness (QED) is 0.771. The van der Waals surface area contributed by atoms with E-state index < -0.39 is 11.8 Å². The van der Waals surface area contributed by atoms with Gasteiger partial charge in [-0.25, -0.2) is 0 Å². The number of hydrogen-bond acceptors (Lipinski definition) is 3. The molecule has 0 spiro atoms. The Morgan fingerprint density at radius 3 is 2.33 bits per heavy atom. The third-order valence-corrected chi connectivity index (χ3v) is 4.13. The van der Waals surface area contributed by atoms with Crippen molar-refractivity contribution < 1.29 is 14.0 Å². The highest BCUT2D eigenvalue weighted by atomic mass is 16.3. The summed E-state index contributed by atoms with van der Waals surface area (Å²) in [4.78, 5) is 24.1. The number of furan rings is 1. The molecule has 2 amide bonds. The topological polar surface area (TPSA) is 85.3 Å². The largest absolute Gasteiger partial charge is 0.450 e. The highest BCUT2D eigenvalue weighted by Gasteiger charge is 2.21. The molecule has 2 aromatic carbocycles. The maximum atomic E-state index is 12.6. The van der Waals surface area contributed by atoms with E-state index in [9.17, 15) is 9.59 Å². The molecule has 0 fully saturated rings. The van der Waals surface area contributed by atoms with E-state index in [4.69, 9.17) is 10.2 Å². The van der Waals surface area contributed by atoms with Gasteiger partial charge >= 0.3 is 0 Å². The van der Waals surface area contributed by atoms with Gasteiger partial charge in [-0.1, -0.05) is 24.3 Å². The molecule has 3 aromatic rings. The number of anilines is 1. The molecule has 3 N–H and O–H groups in total. The van der Waals surface area contributed by atoms with Crippen LogP contribution in [0.4, 0.5) is 5.69 Å². The molecule has 0 aliphatic heterocycles. The zero-order chi connectivity index (χ0) is 17.4. The number of aryl methyl sites for hydroxylation is 3. The van der Waals surface area contributed by atoms with Gasteiger partial charge < -0.3 is 15.5 Å². The zero-order valence-electron chi connectivity index (χ0n) is 13.8. The maximum Gasteiger partial charge on any atom is 0.291 e. The molecular formula is C19H18N2O3. The first-order valence-electron chi connectivity index (χ1n) is 7.59. The lowest BCUT2D eigenvalue weighted by molar-refractivity contribution is 0.0998. The number of nitrogens with two attached hydrogens (primary N) is 1. The molecule has 24 heavy (non-hydrogen) atoms. The van der Waals surface area contributed by atoms with Crippen LogP contribution in [0.25, 0.3) is 11.0 Å². The summed E-state index contributed by atoms with van der Waals surface area (Å²) in [6.45, 7) is 5.77. The van der Waals surface area contributed by atoms with Crippen LogP contribution in [0.15, 0.2) is 40.8 Å². The number of amides is 2. The second-order valence-electron chi connectivity index (χ2n) is 5.82. The van der Waals surface area contributed by atoms with Crippen LogP contribution in [0.2, 0.25) is 0 Å². The SMILES string of the molecule is Cc1ccc(C)c2c(C)c(C(=O)Nc3ccccc3C(N)=O)oc12. The Hall–Kier alpha value is -3.08. The summed E-state index contributed by atoms with van der Waals surface area (Å²) < 4.78 is 5.82. The summed E-state index contributed by atoms with van der Waals surface area (Å²) in [5.74, 6) is -0.767. The molecule has 3 rings (SSSR count). The number of para-hydroxylation sites is 1. The fourth-order valence-electron chi connectivity index (χ4n) is 2.88. The minimum absolute atomic E-state index is 0.238. The van der Waals surface area contributed by atoms with Crippen molar-refractivity contribution in [2.45, 2.75) is 20.8 Å². The average molecular weight is 322 g/mol. The Labute approximate surface area is 139 Å². The molecule has 0 atom stereocenters. The Kier molecular flexibility index (Phi) is 3.85. The number of hydrogen-bond donors (Lipinski definition) is 2. The van der Waals surface area contributed by atoms with Crippen LogP contribution in [-0.4, -0.2) is 11.8 Å². The van der Waals surface area contributed by atoms with Crippen molar-refractivity contribution >= 4 is 28.5 Å². The normalized spacial score (nSPS) is 10.8. The van der Waals surface area contributed by atoms with E-state index in [0.717, 1.165) is 22.1 Å². The maximum absolute atomic E-state index is 12.6. The number of rotatable bonds is 3. The number of carbonyl (C=O) groups is 2. The van der Waals surface area contributed by atoms with Crippen LogP contribution in [-0.2, 0) is 0 Å². The Morgan fingerprint density at radius 2 is 1.67 bits per heavy atom. The number of primary amides is 1. The van der Waals surface area contributed by atoms with Crippen molar-refractivity contribution in [3.8, 4) is 0 Å². The molecule has 0 bridgehead atoms. The van der Waals surface area contributed by atoms with E-state index in [-0.39, 0.29) is 11.3 Å². The van der Waals surface area contributed by atoms with Crippen molar-refractivity contribution in [1.82, 2.24) is 0 Å². The summed E-state index contributed by atoms with van der Waals surface area (Å²) in [5.41, 5.74) is 9.47. The zero-order valence-corrected chi connectivity index (χ0v) is 13.8. The van der Waals surface area contributed by atoms with Gasteiger partial charge in [0.25, 0.3) is 11.8 Å². The first kappa shape index (κ1) is 15.8. The average Bonchev–Trinajstić information content (AvgIpc) is 2.90. The second-order valence-corrected chi connectivity index (χ2v) is 5.82. The fourth-order valence-corrected chi connectivity index (χ4v) is 2.88. The van der Waals surface area contributed by atoms with Crippen LogP contribution < -0.4 is 11.1 Å². The fraction of sp³-hybridized carbons (Fsp3) is 0.158. The van der Waals surface area contributed by atoms with Gasteiger partial charge in [-0.05, 0) is 44.0 Å². The van der Waals surface area contributed by atoms with Crippen molar-refractivity contribution in [2.24, 2.45) is 5.73 Å². The lowest BCUT2D eigenvalue weighted by Gasteiger charge is -2.07. The second kappa shape index (κ2) is 5.85. The van der Waals surface area contributed by atoms with E-state index in [2.05, 4.69) is 5.32 Å². The third kappa shape index (κ3) is 2.54. The molecule has 122 valence electrons. The summed E-state index contributed by atoms with van der Waals surface area (Å²) in [5, 5.41) is 3.66. The lowest BCUT2D eigenvalue weighted by atomic mass is 10.0. The summed E-state index contributed by atoms with van der Waals surface area (Å²) >= 11 is 0. The monoisotopic (exact) mass is 322 g/mol. The number of benzene rings is 2. The lowest BCUT2D eigenvalue weighted by Crippen LogP contribution is -2.18. The third-order valence-electron chi connectivity index (χ3n) is 4.13. The van der Waals surface area contributed by atoms with Crippen LogP contribution in [0.3, 0.4) is 0 Å². The number of nitrogens with one attached hydrogen (secondary N) is 1. The van der Waals surface area contributed by atoms with E-state index in [1.54, 1.807) is 24.3 Å². The minimum atomic E-state index is -0.598. The van der Waals surface area contributed by atoms with Gasteiger partial charge in [0.2, 0.25) is 0 Å². The molecule has 5 heteroatoms. The smallest absolute Gasteiger partial charge is 0.291 e. The Morgan fingerprint density at radius 1 is 1.00 bits per heavy atom. The van der Waals surface area contributed by atoms with Gasteiger partial charge in [0.15, 0.2) is 5.76 Å². The first-order chi connectivity index (χ1) is 11.4. The molecule has 1 heterocycles. The van der Waals surface area contributed by atoms with E-state index in [0.29, 0.717) is 11.3 Å². The molecule has 0 saturated carbocycles. The van der Waals surface area contributed by atoms with E-state index in [1.165, 1.54) is 0 Å². The van der Waals surface area contributed by atoms with Crippen LogP contribution in [0, 0.1) is 20.8 Å². The molecule has 1 aromatic heterocycles. The Balaban J connectivity index is 2.05. The molecule has 5 nitrogen and oxygen atoms in total. The Bertz CT molecular complexity index is 970. The van der Waals surface area contributed by atoms with Gasteiger partial charge in [-0.2, -0.15) is 0 Å². The number of carbonyl (C=O) groups excluding carboxylic acids is 2. The minimum Gasteiger partial charge on any atom is -0.450 e. The molecule has 0 radical (unpaired) electrons. The van der Waals surface area contributed by atoms with Gasteiger partial charge in [0.1, 0.15) is 5.58 Å². The van der Waals surface area contributed by atoms with Gasteiger partial charge in [0.05, 0.1) is 11.3 Å². The van der Waals surface area contributed by atoms with Gasteiger partial charge in [0, 0.05) is 10.9 Å². The summed E-state index contributed by atoms with van der Waals surface area (Å²) in [6.07, 6.45) is 0.